The van der Waals surface area contributed by atoms with Gasteiger partial charge in [0.15, 0.2) is 11.5 Å². The first-order valence-corrected chi connectivity index (χ1v) is 12.4. The van der Waals surface area contributed by atoms with Crippen molar-refractivity contribution in [2.24, 2.45) is 5.92 Å². The van der Waals surface area contributed by atoms with E-state index in [1.807, 2.05) is 13.8 Å². The highest BCUT2D eigenvalue weighted by molar-refractivity contribution is 5.98. The van der Waals surface area contributed by atoms with E-state index in [2.05, 4.69) is 5.32 Å². The van der Waals surface area contributed by atoms with Crippen LogP contribution in [-0.2, 0) is 4.79 Å². The number of carbonyl (C=O) groups excluding carboxylic acids is 3. The number of benzene rings is 2. The first-order valence-electron chi connectivity index (χ1n) is 12.4. The summed E-state index contributed by atoms with van der Waals surface area (Å²) in [7, 11) is 1.54. The van der Waals surface area contributed by atoms with Crippen LogP contribution < -0.4 is 19.5 Å². The number of likely N-dealkylation sites (N-methyl/N-ethyl adjacent to an activating group) is 1. The number of carbonyl (C=O) groups is 3. The Morgan fingerprint density at radius 3 is 2.44 bits per heavy atom. The van der Waals surface area contributed by atoms with E-state index < -0.39 is 6.04 Å². The van der Waals surface area contributed by atoms with Crippen LogP contribution in [0.5, 0.6) is 17.2 Å². The molecule has 0 bridgehead atoms. The fourth-order valence-electron chi connectivity index (χ4n) is 4.75. The normalized spacial score (nSPS) is 15.8. The van der Waals surface area contributed by atoms with Crippen LogP contribution >= 0.6 is 0 Å². The molecule has 192 valence electrons. The van der Waals surface area contributed by atoms with Crippen molar-refractivity contribution in [3.63, 3.8) is 0 Å². The average molecular weight is 496 g/mol. The molecule has 2 heterocycles. The predicted molar refractivity (Wildman–Crippen MR) is 133 cm³/mol. The molecule has 2 aliphatic rings. The van der Waals surface area contributed by atoms with E-state index in [0.29, 0.717) is 67.4 Å². The van der Waals surface area contributed by atoms with E-state index in [9.17, 15) is 14.4 Å². The van der Waals surface area contributed by atoms with Gasteiger partial charge in [-0.3, -0.25) is 14.4 Å². The van der Waals surface area contributed by atoms with Gasteiger partial charge in [-0.1, -0.05) is 6.07 Å². The molecule has 2 aliphatic heterocycles. The van der Waals surface area contributed by atoms with Gasteiger partial charge in [0.05, 0.1) is 7.11 Å². The van der Waals surface area contributed by atoms with E-state index in [-0.39, 0.29) is 30.4 Å². The molecule has 0 aliphatic carbocycles. The molecule has 1 atom stereocenters. The standard InChI is InChI=1S/C27H33N3O6/c1-4-29(5-2)27(33)24(28-25(31)19-7-6-8-21(15-19)34-3)18-11-13-30(14-12-18)26(32)20-9-10-22-23(16-20)36-17-35-22/h6-10,15-16,18,24H,4-5,11-14,17H2,1-3H3,(H,28,31). The van der Waals surface area contributed by atoms with Gasteiger partial charge >= 0.3 is 0 Å². The van der Waals surface area contributed by atoms with Crippen LogP contribution in [-0.4, -0.2) is 73.6 Å². The molecular formula is C27H33N3O6. The van der Waals surface area contributed by atoms with Crippen molar-refractivity contribution in [2.75, 3.05) is 40.1 Å². The van der Waals surface area contributed by atoms with Gasteiger partial charge in [0.2, 0.25) is 12.7 Å². The smallest absolute Gasteiger partial charge is 0.253 e. The lowest BCUT2D eigenvalue weighted by Gasteiger charge is -2.37. The molecule has 36 heavy (non-hydrogen) atoms. The second-order valence-electron chi connectivity index (χ2n) is 8.89. The van der Waals surface area contributed by atoms with Gasteiger partial charge in [-0.2, -0.15) is 0 Å². The van der Waals surface area contributed by atoms with Crippen molar-refractivity contribution in [3.05, 3.63) is 53.6 Å². The summed E-state index contributed by atoms with van der Waals surface area (Å²) >= 11 is 0. The number of rotatable bonds is 8. The van der Waals surface area contributed by atoms with E-state index in [1.165, 1.54) is 0 Å². The average Bonchev–Trinajstić information content (AvgIpc) is 3.40. The van der Waals surface area contributed by atoms with Crippen molar-refractivity contribution in [1.82, 2.24) is 15.1 Å². The van der Waals surface area contributed by atoms with Gasteiger partial charge in [-0.25, -0.2) is 0 Å². The maximum absolute atomic E-state index is 13.4. The summed E-state index contributed by atoms with van der Waals surface area (Å²) in [6.07, 6.45) is 1.21. The molecule has 1 saturated heterocycles. The maximum Gasteiger partial charge on any atom is 0.253 e. The first-order chi connectivity index (χ1) is 17.4. The second kappa shape index (κ2) is 11.3. The highest BCUT2D eigenvalue weighted by atomic mass is 16.7. The number of hydrogen-bond acceptors (Lipinski definition) is 6. The van der Waals surface area contributed by atoms with Crippen LogP contribution in [0.3, 0.4) is 0 Å². The highest BCUT2D eigenvalue weighted by Gasteiger charge is 2.36. The molecule has 1 unspecified atom stereocenters. The Kier molecular flexibility index (Phi) is 7.97. The minimum Gasteiger partial charge on any atom is -0.497 e. The number of piperidine rings is 1. The van der Waals surface area contributed by atoms with Crippen LogP contribution in [0.4, 0.5) is 0 Å². The Labute approximate surface area is 211 Å². The predicted octanol–water partition coefficient (Wildman–Crippen LogP) is 2.94. The summed E-state index contributed by atoms with van der Waals surface area (Å²) in [5.41, 5.74) is 0.974. The van der Waals surface area contributed by atoms with E-state index in [4.69, 9.17) is 14.2 Å². The lowest BCUT2D eigenvalue weighted by molar-refractivity contribution is -0.134. The molecule has 9 heteroatoms. The quantitative estimate of drug-likeness (QED) is 0.605. The van der Waals surface area contributed by atoms with Crippen LogP contribution in [0, 0.1) is 5.92 Å². The van der Waals surface area contributed by atoms with Gasteiger partial charge in [0.25, 0.3) is 11.8 Å². The number of amides is 3. The van der Waals surface area contributed by atoms with E-state index in [0.717, 1.165) is 0 Å². The number of nitrogens with one attached hydrogen (secondary N) is 1. The minimum absolute atomic E-state index is 0.0845. The summed E-state index contributed by atoms with van der Waals surface area (Å²) in [4.78, 5) is 43.1. The molecular weight excluding hydrogens is 462 g/mol. The van der Waals surface area contributed by atoms with Crippen molar-refractivity contribution in [1.29, 1.82) is 0 Å². The Hall–Kier alpha value is -3.75. The van der Waals surface area contributed by atoms with Crippen molar-refractivity contribution >= 4 is 17.7 Å². The Bertz CT molecular complexity index is 1110. The Morgan fingerprint density at radius 2 is 1.75 bits per heavy atom. The maximum atomic E-state index is 13.4. The van der Waals surface area contributed by atoms with Crippen molar-refractivity contribution in [3.8, 4) is 17.2 Å². The topological polar surface area (TPSA) is 97.4 Å². The number of methoxy groups -OCH3 is 1. The Morgan fingerprint density at radius 1 is 1.03 bits per heavy atom. The molecule has 0 spiro atoms. The zero-order valence-corrected chi connectivity index (χ0v) is 21.0. The van der Waals surface area contributed by atoms with E-state index >= 15 is 0 Å². The monoisotopic (exact) mass is 495 g/mol. The number of fused-ring (bicyclic) bond motifs is 1. The van der Waals surface area contributed by atoms with Gasteiger partial charge in [0.1, 0.15) is 11.8 Å². The number of likely N-dealkylation sites (tertiary alicyclic amines) is 1. The molecule has 1 fully saturated rings. The molecule has 4 rings (SSSR count). The summed E-state index contributed by atoms with van der Waals surface area (Å²) in [6.45, 7) is 6.11. The fraction of sp³-hybridized carbons (Fsp3) is 0.444. The molecule has 0 saturated carbocycles. The third-order valence-electron chi connectivity index (χ3n) is 6.88. The first kappa shape index (κ1) is 25.3. The SMILES string of the molecule is CCN(CC)C(=O)C(NC(=O)c1cccc(OC)c1)C1CCN(C(=O)c2ccc3c(c2)OCO3)CC1. The largest absolute Gasteiger partial charge is 0.497 e. The summed E-state index contributed by atoms with van der Waals surface area (Å²) < 4.78 is 16.0. The van der Waals surface area contributed by atoms with Gasteiger partial charge in [-0.15, -0.1) is 0 Å². The van der Waals surface area contributed by atoms with Gasteiger partial charge in [-0.05, 0) is 69.0 Å². The number of nitrogens with zero attached hydrogens (tertiary/aromatic N) is 2. The molecule has 0 aromatic heterocycles. The number of ether oxygens (including phenoxy) is 3. The summed E-state index contributed by atoms with van der Waals surface area (Å²) in [5.74, 6) is 1.18. The van der Waals surface area contributed by atoms with Gasteiger partial charge < -0.3 is 29.3 Å². The molecule has 0 radical (unpaired) electrons. The minimum atomic E-state index is -0.675. The third-order valence-corrected chi connectivity index (χ3v) is 6.88. The zero-order chi connectivity index (χ0) is 25.7. The molecule has 2 aromatic rings. The molecule has 9 nitrogen and oxygen atoms in total. The summed E-state index contributed by atoms with van der Waals surface area (Å²) in [6, 6.07) is 11.4. The van der Waals surface area contributed by atoms with Crippen molar-refractivity contribution < 1.29 is 28.6 Å². The van der Waals surface area contributed by atoms with Gasteiger partial charge in [0, 0.05) is 37.3 Å². The van der Waals surface area contributed by atoms with E-state index in [1.54, 1.807) is 59.4 Å². The van der Waals surface area contributed by atoms with Crippen molar-refractivity contribution in [2.45, 2.75) is 32.7 Å². The molecule has 3 amide bonds. The van der Waals surface area contributed by atoms with Crippen LogP contribution in [0.25, 0.3) is 0 Å². The lowest BCUT2D eigenvalue weighted by Crippen LogP contribution is -2.54. The Balaban J connectivity index is 1.46. The number of hydrogen-bond donors (Lipinski definition) is 1. The zero-order valence-electron chi connectivity index (χ0n) is 21.0. The summed E-state index contributed by atoms with van der Waals surface area (Å²) in [5, 5.41) is 2.99. The van der Waals surface area contributed by atoms with Crippen LogP contribution in [0.2, 0.25) is 0 Å². The third kappa shape index (κ3) is 5.40. The van der Waals surface area contributed by atoms with Crippen LogP contribution in [0.1, 0.15) is 47.4 Å². The molecule has 1 N–H and O–H groups in total. The highest BCUT2D eigenvalue weighted by Crippen LogP contribution is 2.33. The molecule has 2 aromatic carbocycles. The van der Waals surface area contributed by atoms with Crippen LogP contribution in [0.15, 0.2) is 42.5 Å². The fourth-order valence-corrected chi connectivity index (χ4v) is 4.75. The second-order valence-corrected chi connectivity index (χ2v) is 8.89. The lowest BCUT2D eigenvalue weighted by atomic mass is 9.87.